The predicted octanol–water partition coefficient (Wildman–Crippen LogP) is 2.93. The lowest BCUT2D eigenvalue weighted by atomic mass is 9.88. The van der Waals surface area contributed by atoms with E-state index in [0.717, 1.165) is 12.1 Å². The minimum atomic E-state index is -4.52. The van der Waals surface area contributed by atoms with Crippen LogP contribution < -0.4 is 5.32 Å². The zero-order valence-electron chi connectivity index (χ0n) is 13.6. The zero-order valence-corrected chi connectivity index (χ0v) is 13.6. The molecule has 0 bridgehead atoms. The molecule has 4 nitrogen and oxygen atoms in total. The SMILES string of the molecule is CCN(CC)C(=O)C(C)(NC(C)=O)c1cccc(C(F)(F)F)c1. The summed E-state index contributed by atoms with van der Waals surface area (Å²) in [7, 11) is 0. The maximum atomic E-state index is 12.9. The van der Waals surface area contributed by atoms with Gasteiger partial charge in [-0.2, -0.15) is 13.2 Å². The third kappa shape index (κ3) is 4.24. The summed E-state index contributed by atoms with van der Waals surface area (Å²) in [6.45, 7) is 6.96. The van der Waals surface area contributed by atoms with Crippen LogP contribution in [0.3, 0.4) is 0 Å². The van der Waals surface area contributed by atoms with Crippen molar-refractivity contribution in [1.82, 2.24) is 10.2 Å². The lowest BCUT2D eigenvalue weighted by molar-refractivity contribution is -0.141. The summed E-state index contributed by atoms with van der Waals surface area (Å²) >= 11 is 0. The number of rotatable bonds is 5. The standard InChI is InChI=1S/C16H21F3N2O2/c1-5-21(6-2)14(23)15(4,20-11(3)22)12-8-7-9-13(10-12)16(17,18)19/h7-10H,5-6H2,1-4H3,(H,20,22). The maximum Gasteiger partial charge on any atom is 0.416 e. The van der Waals surface area contributed by atoms with Crippen LogP contribution in [-0.2, 0) is 21.3 Å². The molecule has 1 aromatic carbocycles. The molecule has 0 aliphatic carbocycles. The van der Waals surface area contributed by atoms with Crippen molar-refractivity contribution in [2.45, 2.75) is 39.4 Å². The van der Waals surface area contributed by atoms with E-state index >= 15 is 0 Å². The topological polar surface area (TPSA) is 49.4 Å². The van der Waals surface area contributed by atoms with Crippen LogP contribution in [0.5, 0.6) is 0 Å². The molecule has 0 radical (unpaired) electrons. The van der Waals surface area contributed by atoms with E-state index in [1.807, 2.05) is 0 Å². The van der Waals surface area contributed by atoms with Crippen LogP contribution in [0, 0.1) is 0 Å². The Hall–Kier alpha value is -2.05. The normalized spacial score (nSPS) is 14.0. The second-order valence-corrected chi connectivity index (χ2v) is 5.36. The van der Waals surface area contributed by atoms with E-state index in [1.54, 1.807) is 13.8 Å². The van der Waals surface area contributed by atoms with E-state index in [0.29, 0.717) is 13.1 Å². The van der Waals surface area contributed by atoms with E-state index in [-0.39, 0.29) is 5.56 Å². The van der Waals surface area contributed by atoms with Crippen molar-refractivity contribution in [1.29, 1.82) is 0 Å². The number of likely N-dealkylation sites (N-methyl/N-ethyl adjacent to an activating group) is 1. The number of halogens is 3. The fourth-order valence-corrected chi connectivity index (χ4v) is 2.43. The summed E-state index contributed by atoms with van der Waals surface area (Å²) in [4.78, 5) is 25.7. The molecule has 128 valence electrons. The second-order valence-electron chi connectivity index (χ2n) is 5.36. The number of amides is 2. The second kappa shape index (κ2) is 7.02. The number of carbonyl (C=O) groups is 2. The number of nitrogens with zero attached hydrogens (tertiary/aromatic N) is 1. The van der Waals surface area contributed by atoms with Crippen LogP contribution in [0.1, 0.15) is 38.8 Å². The monoisotopic (exact) mass is 330 g/mol. The van der Waals surface area contributed by atoms with E-state index in [4.69, 9.17) is 0 Å². The molecule has 0 saturated heterocycles. The summed E-state index contributed by atoms with van der Waals surface area (Å²) < 4.78 is 38.8. The number of benzene rings is 1. The first-order valence-electron chi connectivity index (χ1n) is 7.32. The molecule has 0 saturated carbocycles. The third-order valence-electron chi connectivity index (χ3n) is 3.67. The van der Waals surface area contributed by atoms with Gasteiger partial charge in [0.15, 0.2) is 0 Å². The van der Waals surface area contributed by atoms with Gasteiger partial charge < -0.3 is 10.2 Å². The molecule has 0 aliphatic rings. The van der Waals surface area contributed by atoms with E-state index in [9.17, 15) is 22.8 Å². The number of hydrogen-bond acceptors (Lipinski definition) is 2. The molecule has 0 fully saturated rings. The van der Waals surface area contributed by atoms with Gasteiger partial charge in [-0.15, -0.1) is 0 Å². The highest BCUT2D eigenvalue weighted by molar-refractivity contribution is 5.91. The molecule has 0 aromatic heterocycles. The Balaban J connectivity index is 3.42. The Morgan fingerprint density at radius 3 is 2.09 bits per heavy atom. The Morgan fingerprint density at radius 1 is 1.13 bits per heavy atom. The molecule has 1 unspecified atom stereocenters. The highest BCUT2D eigenvalue weighted by Gasteiger charge is 2.40. The van der Waals surface area contributed by atoms with Gasteiger partial charge in [-0.1, -0.05) is 12.1 Å². The highest BCUT2D eigenvalue weighted by Crippen LogP contribution is 2.32. The largest absolute Gasteiger partial charge is 0.416 e. The molecule has 7 heteroatoms. The Kier molecular flexibility index (Phi) is 5.80. The lowest BCUT2D eigenvalue weighted by Crippen LogP contribution is -2.55. The van der Waals surface area contributed by atoms with Crippen LogP contribution in [0.25, 0.3) is 0 Å². The molecule has 23 heavy (non-hydrogen) atoms. The molecule has 0 spiro atoms. The van der Waals surface area contributed by atoms with Gasteiger partial charge in [-0.3, -0.25) is 9.59 Å². The first-order valence-corrected chi connectivity index (χ1v) is 7.32. The van der Waals surface area contributed by atoms with Gasteiger partial charge in [0, 0.05) is 20.0 Å². The summed E-state index contributed by atoms with van der Waals surface area (Å²) in [5.74, 6) is -0.942. The van der Waals surface area contributed by atoms with Crippen LogP contribution in [0.4, 0.5) is 13.2 Å². The molecule has 0 aliphatic heterocycles. The summed E-state index contributed by atoms with van der Waals surface area (Å²) in [5, 5.41) is 2.50. The van der Waals surface area contributed by atoms with Crippen molar-refractivity contribution in [3.8, 4) is 0 Å². The fourth-order valence-electron chi connectivity index (χ4n) is 2.43. The van der Waals surface area contributed by atoms with Gasteiger partial charge >= 0.3 is 6.18 Å². The summed E-state index contributed by atoms with van der Waals surface area (Å²) in [5.41, 5.74) is -2.32. The van der Waals surface area contributed by atoms with Gasteiger partial charge in [0.1, 0.15) is 5.54 Å². The predicted molar refractivity (Wildman–Crippen MR) is 80.5 cm³/mol. The molecule has 1 aromatic rings. The third-order valence-corrected chi connectivity index (χ3v) is 3.67. The quantitative estimate of drug-likeness (QED) is 0.902. The molecular formula is C16H21F3N2O2. The van der Waals surface area contributed by atoms with Crippen LogP contribution in [0.15, 0.2) is 24.3 Å². The van der Waals surface area contributed by atoms with Gasteiger partial charge in [0.2, 0.25) is 5.91 Å². The highest BCUT2D eigenvalue weighted by atomic mass is 19.4. The average Bonchev–Trinajstić information content (AvgIpc) is 2.46. The van der Waals surface area contributed by atoms with Crippen LogP contribution in [0.2, 0.25) is 0 Å². The number of carbonyl (C=O) groups excluding carboxylic acids is 2. The molecule has 2 amide bonds. The van der Waals surface area contributed by atoms with Crippen molar-refractivity contribution in [3.05, 3.63) is 35.4 Å². The minimum absolute atomic E-state index is 0.0967. The lowest BCUT2D eigenvalue weighted by Gasteiger charge is -2.35. The molecular weight excluding hydrogens is 309 g/mol. The van der Waals surface area contributed by atoms with E-state index in [1.165, 1.54) is 30.9 Å². The first kappa shape index (κ1) is 19.0. The van der Waals surface area contributed by atoms with Gasteiger partial charge in [0.05, 0.1) is 5.56 Å². The molecule has 1 rings (SSSR count). The van der Waals surface area contributed by atoms with Crippen molar-refractivity contribution < 1.29 is 22.8 Å². The molecule has 0 heterocycles. The average molecular weight is 330 g/mol. The maximum absolute atomic E-state index is 12.9. The first-order chi connectivity index (χ1) is 10.6. The molecule has 1 atom stereocenters. The summed E-state index contributed by atoms with van der Waals surface area (Å²) in [6.07, 6.45) is -4.52. The minimum Gasteiger partial charge on any atom is -0.341 e. The zero-order chi connectivity index (χ0) is 17.8. The van der Waals surface area contributed by atoms with Crippen molar-refractivity contribution in [2.24, 2.45) is 0 Å². The van der Waals surface area contributed by atoms with Gasteiger partial charge in [-0.25, -0.2) is 0 Å². The van der Waals surface area contributed by atoms with Crippen molar-refractivity contribution in [3.63, 3.8) is 0 Å². The van der Waals surface area contributed by atoms with Crippen molar-refractivity contribution in [2.75, 3.05) is 13.1 Å². The van der Waals surface area contributed by atoms with E-state index < -0.39 is 29.1 Å². The van der Waals surface area contributed by atoms with Gasteiger partial charge in [-0.05, 0) is 38.5 Å². The van der Waals surface area contributed by atoms with E-state index in [2.05, 4.69) is 5.32 Å². The van der Waals surface area contributed by atoms with Crippen LogP contribution >= 0.6 is 0 Å². The number of nitrogens with one attached hydrogen (secondary N) is 1. The number of hydrogen-bond donors (Lipinski definition) is 1. The van der Waals surface area contributed by atoms with Crippen molar-refractivity contribution >= 4 is 11.8 Å². The van der Waals surface area contributed by atoms with Crippen LogP contribution in [-0.4, -0.2) is 29.8 Å². The summed E-state index contributed by atoms with van der Waals surface area (Å²) in [6, 6.07) is 4.47. The smallest absolute Gasteiger partial charge is 0.341 e. The van der Waals surface area contributed by atoms with Gasteiger partial charge in [0.25, 0.3) is 5.91 Å². The molecule has 1 N–H and O–H groups in total. The Bertz CT molecular complexity index is 583. The number of alkyl halides is 3. The fraction of sp³-hybridized carbons (Fsp3) is 0.500. The Labute approximate surface area is 133 Å². The Morgan fingerprint density at radius 2 is 1.65 bits per heavy atom.